The first-order valence-corrected chi connectivity index (χ1v) is 10.5. The number of benzene rings is 2. The standard InChI is InChI=1S/C20H26N2O4S/c1-4-15(3)22-27(24,25)18-12-10-17(11-13-18)26-14-20(23)21-19-9-7-6-8-16(19)5-2/h6-13,15,22H,4-5,14H2,1-3H3,(H,21,23)/t15-/m0/s1. The van der Waals surface area contributed by atoms with Crippen LogP contribution in [0.3, 0.4) is 0 Å². The number of carbonyl (C=O) groups is 1. The van der Waals surface area contributed by atoms with Crippen LogP contribution < -0.4 is 14.8 Å². The molecule has 1 atom stereocenters. The van der Waals surface area contributed by atoms with Crippen molar-refractivity contribution in [3.63, 3.8) is 0 Å². The first kappa shape index (κ1) is 20.9. The van der Waals surface area contributed by atoms with E-state index in [0.717, 1.165) is 17.7 Å². The first-order valence-electron chi connectivity index (χ1n) is 8.98. The highest BCUT2D eigenvalue weighted by molar-refractivity contribution is 7.89. The molecule has 0 bridgehead atoms. The second-order valence-corrected chi connectivity index (χ2v) is 7.96. The van der Waals surface area contributed by atoms with Gasteiger partial charge in [-0.2, -0.15) is 0 Å². The zero-order valence-corrected chi connectivity index (χ0v) is 16.7. The Bertz CT molecular complexity index is 864. The number of carbonyl (C=O) groups excluding carboxylic acids is 1. The predicted octanol–water partition coefficient (Wildman–Crippen LogP) is 3.34. The van der Waals surface area contributed by atoms with Crippen molar-refractivity contribution in [3.05, 3.63) is 54.1 Å². The van der Waals surface area contributed by atoms with Gasteiger partial charge in [-0.1, -0.05) is 32.0 Å². The zero-order valence-electron chi connectivity index (χ0n) is 15.9. The monoisotopic (exact) mass is 390 g/mol. The number of amides is 1. The summed E-state index contributed by atoms with van der Waals surface area (Å²) in [4.78, 5) is 12.3. The highest BCUT2D eigenvalue weighted by Gasteiger charge is 2.16. The Morgan fingerprint density at radius 2 is 1.74 bits per heavy atom. The lowest BCUT2D eigenvalue weighted by molar-refractivity contribution is -0.118. The van der Waals surface area contributed by atoms with Gasteiger partial charge in [0.2, 0.25) is 10.0 Å². The van der Waals surface area contributed by atoms with E-state index >= 15 is 0 Å². The maximum absolute atomic E-state index is 12.2. The van der Waals surface area contributed by atoms with Gasteiger partial charge in [-0.25, -0.2) is 13.1 Å². The zero-order chi connectivity index (χ0) is 19.9. The Morgan fingerprint density at radius 1 is 1.07 bits per heavy atom. The molecule has 7 heteroatoms. The van der Waals surface area contributed by atoms with Gasteiger partial charge in [0.05, 0.1) is 4.90 Å². The molecule has 0 aromatic heterocycles. The normalized spacial score (nSPS) is 12.4. The predicted molar refractivity (Wildman–Crippen MR) is 106 cm³/mol. The Labute approximate surface area is 161 Å². The summed E-state index contributed by atoms with van der Waals surface area (Å²) in [5.41, 5.74) is 1.82. The third-order valence-electron chi connectivity index (χ3n) is 4.15. The van der Waals surface area contributed by atoms with Gasteiger partial charge in [-0.15, -0.1) is 0 Å². The fourth-order valence-electron chi connectivity index (χ4n) is 2.42. The Morgan fingerprint density at radius 3 is 2.37 bits per heavy atom. The molecule has 0 aliphatic rings. The van der Waals surface area contributed by atoms with Crippen molar-refractivity contribution >= 4 is 21.6 Å². The summed E-state index contributed by atoms with van der Waals surface area (Å²) in [5.74, 6) is 0.155. The van der Waals surface area contributed by atoms with Crippen LogP contribution in [0.4, 0.5) is 5.69 Å². The minimum absolute atomic E-state index is 0.138. The smallest absolute Gasteiger partial charge is 0.262 e. The SMILES string of the molecule is CCc1ccccc1NC(=O)COc1ccc(S(=O)(=O)N[C@@H](C)CC)cc1. The molecule has 2 aromatic rings. The molecule has 2 rings (SSSR count). The molecule has 0 spiro atoms. The van der Waals surface area contributed by atoms with Crippen LogP contribution in [0, 0.1) is 0 Å². The van der Waals surface area contributed by atoms with Crippen LogP contribution in [0.2, 0.25) is 0 Å². The topological polar surface area (TPSA) is 84.5 Å². The van der Waals surface area contributed by atoms with Crippen molar-refractivity contribution in [2.45, 2.75) is 44.6 Å². The maximum atomic E-state index is 12.2. The van der Waals surface area contributed by atoms with Gasteiger partial charge < -0.3 is 10.1 Å². The van der Waals surface area contributed by atoms with Gasteiger partial charge >= 0.3 is 0 Å². The highest BCUT2D eigenvalue weighted by Crippen LogP contribution is 2.18. The Kier molecular flexibility index (Phi) is 7.38. The largest absolute Gasteiger partial charge is 0.484 e. The van der Waals surface area contributed by atoms with Crippen molar-refractivity contribution in [3.8, 4) is 5.75 Å². The summed E-state index contributed by atoms with van der Waals surface area (Å²) in [6.07, 6.45) is 1.52. The Hall–Kier alpha value is -2.38. The second kappa shape index (κ2) is 9.53. The highest BCUT2D eigenvalue weighted by atomic mass is 32.2. The Balaban J connectivity index is 1.94. The van der Waals surface area contributed by atoms with Crippen LogP contribution >= 0.6 is 0 Å². The van der Waals surface area contributed by atoms with Crippen LogP contribution in [0.5, 0.6) is 5.75 Å². The van der Waals surface area contributed by atoms with Gasteiger partial charge in [0, 0.05) is 11.7 Å². The molecular formula is C20H26N2O4S. The molecule has 6 nitrogen and oxygen atoms in total. The third-order valence-corrected chi connectivity index (χ3v) is 5.75. The number of ether oxygens (including phenoxy) is 1. The summed E-state index contributed by atoms with van der Waals surface area (Å²) in [5, 5.41) is 2.83. The van der Waals surface area contributed by atoms with E-state index in [1.54, 1.807) is 12.1 Å². The average molecular weight is 391 g/mol. The molecule has 2 N–H and O–H groups in total. The third kappa shape index (κ3) is 6.08. The number of anilines is 1. The quantitative estimate of drug-likeness (QED) is 0.688. The lowest BCUT2D eigenvalue weighted by atomic mass is 10.1. The summed E-state index contributed by atoms with van der Waals surface area (Å²) < 4.78 is 32.5. The van der Waals surface area contributed by atoms with Crippen molar-refractivity contribution in [1.82, 2.24) is 4.72 Å². The van der Waals surface area contributed by atoms with Gasteiger partial charge in [0.15, 0.2) is 6.61 Å². The van der Waals surface area contributed by atoms with Crippen molar-refractivity contribution < 1.29 is 17.9 Å². The van der Waals surface area contributed by atoms with Crippen LogP contribution in [-0.2, 0) is 21.2 Å². The van der Waals surface area contributed by atoms with Crippen molar-refractivity contribution in [2.75, 3.05) is 11.9 Å². The molecule has 0 heterocycles. The number of hydrogen-bond donors (Lipinski definition) is 2. The summed E-state index contributed by atoms with van der Waals surface area (Å²) in [6.45, 7) is 5.58. The fraction of sp³-hybridized carbons (Fsp3) is 0.350. The van der Waals surface area contributed by atoms with E-state index in [9.17, 15) is 13.2 Å². The number of hydrogen-bond acceptors (Lipinski definition) is 4. The number of para-hydroxylation sites is 1. The van der Waals surface area contributed by atoms with E-state index in [1.807, 2.05) is 45.0 Å². The van der Waals surface area contributed by atoms with E-state index in [4.69, 9.17) is 4.74 Å². The van der Waals surface area contributed by atoms with Crippen molar-refractivity contribution in [1.29, 1.82) is 0 Å². The maximum Gasteiger partial charge on any atom is 0.262 e. The fourth-order valence-corrected chi connectivity index (χ4v) is 3.74. The average Bonchev–Trinajstić information content (AvgIpc) is 2.66. The van der Waals surface area contributed by atoms with Gasteiger partial charge in [-0.05, 0) is 55.7 Å². The second-order valence-electron chi connectivity index (χ2n) is 6.25. The lowest BCUT2D eigenvalue weighted by Gasteiger charge is -2.13. The number of nitrogens with one attached hydrogen (secondary N) is 2. The van der Waals surface area contributed by atoms with Crippen molar-refractivity contribution in [2.24, 2.45) is 0 Å². The van der Waals surface area contributed by atoms with Crippen LogP contribution in [-0.4, -0.2) is 27.0 Å². The molecule has 0 aliphatic heterocycles. The van der Waals surface area contributed by atoms with E-state index in [1.165, 1.54) is 12.1 Å². The molecule has 0 fully saturated rings. The minimum atomic E-state index is -3.55. The van der Waals surface area contributed by atoms with E-state index in [2.05, 4.69) is 10.0 Å². The van der Waals surface area contributed by atoms with Gasteiger partial charge in [0.1, 0.15) is 5.75 Å². The minimum Gasteiger partial charge on any atom is -0.484 e. The van der Waals surface area contributed by atoms with Gasteiger partial charge in [0.25, 0.3) is 5.91 Å². The molecule has 1 amide bonds. The summed E-state index contributed by atoms with van der Waals surface area (Å²) >= 11 is 0. The molecule has 27 heavy (non-hydrogen) atoms. The molecule has 146 valence electrons. The molecule has 0 radical (unpaired) electrons. The van der Waals surface area contributed by atoms with Gasteiger partial charge in [-0.3, -0.25) is 4.79 Å². The van der Waals surface area contributed by atoms with Crippen LogP contribution in [0.25, 0.3) is 0 Å². The number of sulfonamides is 1. The molecule has 0 unspecified atom stereocenters. The lowest BCUT2D eigenvalue weighted by Crippen LogP contribution is -2.31. The summed E-state index contributed by atoms with van der Waals surface area (Å²) in [6, 6.07) is 13.5. The number of rotatable bonds is 9. The molecule has 0 saturated carbocycles. The first-order chi connectivity index (χ1) is 12.9. The number of aryl methyl sites for hydroxylation is 1. The molecule has 2 aromatic carbocycles. The van der Waals surface area contributed by atoms with Crippen LogP contribution in [0.15, 0.2) is 53.4 Å². The molecular weight excluding hydrogens is 364 g/mol. The molecule has 0 aliphatic carbocycles. The van der Waals surface area contributed by atoms with Crippen LogP contribution in [0.1, 0.15) is 32.8 Å². The molecule has 0 saturated heterocycles. The van der Waals surface area contributed by atoms with E-state index < -0.39 is 10.0 Å². The van der Waals surface area contributed by atoms with E-state index in [-0.39, 0.29) is 23.5 Å². The summed E-state index contributed by atoms with van der Waals surface area (Å²) in [7, 11) is -3.55. The van der Waals surface area contributed by atoms with E-state index in [0.29, 0.717) is 12.2 Å².